The van der Waals surface area contributed by atoms with Crippen LogP contribution in [-0.4, -0.2) is 95.3 Å². The summed E-state index contributed by atoms with van der Waals surface area (Å²) in [6, 6.07) is -1.18. The number of Topliss-reactive ketones (excluding diaryl/α,β-unsaturated/α-hetero) is 1. The Kier molecular flexibility index (Phi) is 9.40. The number of fused-ring (bicyclic) bond motifs is 3. The van der Waals surface area contributed by atoms with Gasteiger partial charge in [-0.3, -0.25) is 19.2 Å². The molecule has 11 atom stereocenters. The molecule has 46 heavy (non-hydrogen) atoms. The largest absolute Gasteiger partial charge is 0.507 e. The van der Waals surface area contributed by atoms with Gasteiger partial charge in [0, 0.05) is 25.8 Å². The topological polar surface area (TPSA) is 153 Å². The first-order valence-electron chi connectivity index (χ1n) is 16.0. The quantitative estimate of drug-likeness (QED) is 0.0730. The molecule has 6 unspecified atom stereocenters. The number of hydrogen-bond acceptors (Lipinski definition) is 10. The molecule has 5 rings (SSSR count). The van der Waals surface area contributed by atoms with Gasteiger partial charge in [-0.05, 0) is 45.8 Å². The van der Waals surface area contributed by atoms with E-state index in [2.05, 4.69) is 25.2 Å². The summed E-state index contributed by atoms with van der Waals surface area (Å²) in [5.74, 6) is -4.51. The van der Waals surface area contributed by atoms with Crippen LogP contribution in [0.2, 0.25) is 0 Å². The molecule has 5 aliphatic heterocycles. The van der Waals surface area contributed by atoms with Crippen molar-refractivity contribution in [2.75, 3.05) is 13.7 Å². The summed E-state index contributed by atoms with van der Waals surface area (Å²) in [6.07, 6.45) is 7.76. The van der Waals surface area contributed by atoms with Crippen LogP contribution in [0.5, 0.6) is 0 Å². The van der Waals surface area contributed by atoms with Crippen LogP contribution in [0.3, 0.4) is 0 Å². The first-order valence-corrected chi connectivity index (χ1v) is 16.0. The molecular weight excluding hydrogens is 596 g/mol. The second kappa shape index (κ2) is 12.7. The Bertz CT molecular complexity index is 1400. The van der Waals surface area contributed by atoms with Crippen molar-refractivity contribution in [2.24, 2.45) is 17.8 Å². The number of nitrogens with zero attached hydrogens (tertiary/aromatic N) is 1. The van der Waals surface area contributed by atoms with Crippen LogP contribution in [0.25, 0.3) is 0 Å². The molecule has 5 aliphatic rings. The summed E-state index contributed by atoms with van der Waals surface area (Å²) in [7, 11) is 1.45. The van der Waals surface area contributed by atoms with Gasteiger partial charge in [0.25, 0.3) is 5.91 Å². The van der Waals surface area contributed by atoms with Crippen molar-refractivity contribution in [1.82, 2.24) is 10.2 Å². The number of aliphatic hydroxyl groups excluding tert-OH is 1. The number of hydrogen-bond donors (Lipinski definition) is 2. The minimum Gasteiger partial charge on any atom is -0.507 e. The number of likely N-dealkylation sites (tertiary alicyclic amines) is 1. The van der Waals surface area contributed by atoms with Gasteiger partial charge in [-0.15, -0.1) is 0 Å². The fraction of sp³-hybridized carbons (Fsp3) is 0.647. The average Bonchev–Trinajstić information content (AvgIpc) is 3.55. The highest BCUT2D eigenvalue weighted by atomic mass is 16.8. The van der Waals surface area contributed by atoms with E-state index < -0.39 is 76.7 Å². The number of ketones is 1. The maximum Gasteiger partial charge on any atom is 0.302 e. The summed E-state index contributed by atoms with van der Waals surface area (Å²) in [5.41, 5.74) is -0.164. The molecule has 2 amide bonds. The standard InChI is InChI=1S/C34H46N2O10/c1-17(15-18(2)30-19(3)24-13-14-34(16-42-34)33(7,45-24)46-30)9-10-23(38)27-29(39)28(20(4)31(40)35-8)36(32(27)41)26-12-11-25(44-26)21(5)43-22(6)37/h9-10,13-15,18-21,24-26,28,30,38H,11-12,16H2,1-8H3,(H,35,40)/b10-9+,17-15+,27-23+/t18-,19+,20?,21?,24+,25?,26?,28+,30-,33?,34?/m1/s1. The van der Waals surface area contributed by atoms with E-state index in [0.29, 0.717) is 19.4 Å². The number of ether oxygens (including phenoxy) is 5. The van der Waals surface area contributed by atoms with Crippen LogP contribution in [0.1, 0.15) is 61.3 Å². The second-order valence-electron chi connectivity index (χ2n) is 13.3. The molecule has 1 spiro atoms. The first kappa shape index (κ1) is 34.0. The monoisotopic (exact) mass is 642 g/mol. The van der Waals surface area contributed by atoms with E-state index in [1.54, 1.807) is 19.9 Å². The Morgan fingerprint density at radius 1 is 1.15 bits per heavy atom. The Morgan fingerprint density at radius 2 is 1.85 bits per heavy atom. The van der Waals surface area contributed by atoms with Gasteiger partial charge in [0.05, 0.1) is 30.8 Å². The smallest absolute Gasteiger partial charge is 0.302 e. The van der Waals surface area contributed by atoms with Crippen molar-refractivity contribution < 1.29 is 48.0 Å². The lowest BCUT2D eigenvalue weighted by Crippen LogP contribution is -2.61. The van der Waals surface area contributed by atoms with Gasteiger partial charge in [0.15, 0.2) is 11.4 Å². The van der Waals surface area contributed by atoms with Crippen LogP contribution in [0.15, 0.2) is 47.3 Å². The molecule has 0 radical (unpaired) electrons. The average molecular weight is 643 g/mol. The summed E-state index contributed by atoms with van der Waals surface area (Å²) < 4.78 is 29.8. The summed E-state index contributed by atoms with van der Waals surface area (Å²) in [5, 5.41) is 13.6. The summed E-state index contributed by atoms with van der Waals surface area (Å²) in [4.78, 5) is 52.8. The third-order valence-corrected chi connectivity index (χ3v) is 9.95. The number of nitrogens with one attached hydrogen (secondary N) is 1. The van der Waals surface area contributed by atoms with Crippen molar-refractivity contribution in [3.8, 4) is 0 Å². The van der Waals surface area contributed by atoms with Gasteiger partial charge < -0.3 is 39.0 Å². The van der Waals surface area contributed by atoms with E-state index in [9.17, 15) is 24.3 Å². The molecule has 4 fully saturated rings. The number of aliphatic hydroxyl groups is 1. The fourth-order valence-electron chi connectivity index (χ4n) is 7.20. The summed E-state index contributed by atoms with van der Waals surface area (Å²) in [6.45, 7) is 13.0. The van der Waals surface area contributed by atoms with Crippen LogP contribution in [0, 0.1) is 17.8 Å². The highest BCUT2D eigenvalue weighted by molar-refractivity contribution is 6.27. The third-order valence-electron chi connectivity index (χ3n) is 9.95. The molecule has 0 aromatic carbocycles. The molecule has 0 aliphatic carbocycles. The van der Waals surface area contributed by atoms with Gasteiger partial charge in [0.1, 0.15) is 29.7 Å². The lowest BCUT2D eigenvalue weighted by atomic mass is 9.82. The van der Waals surface area contributed by atoms with Crippen LogP contribution in [0.4, 0.5) is 0 Å². The predicted molar refractivity (Wildman–Crippen MR) is 165 cm³/mol. The van der Waals surface area contributed by atoms with E-state index in [1.807, 2.05) is 26.0 Å². The number of amides is 2. The molecule has 12 nitrogen and oxygen atoms in total. The molecule has 4 saturated heterocycles. The van der Waals surface area contributed by atoms with E-state index in [4.69, 9.17) is 23.7 Å². The second-order valence-corrected chi connectivity index (χ2v) is 13.3. The van der Waals surface area contributed by atoms with Crippen molar-refractivity contribution in [1.29, 1.82) is 0 Å². The molecule has 0 saturated carbocycles. The van der Waals surface area contributed by atoms with Gasteiger partial charge in [-0.2, -0.15) is 0 Å². The van der Waals surface area contributed by atoms with Gasteiger partial charge in [-0.25, -0.2) is 0 Å². The Balaban J connectivity index is 1.35. The number of allylic oxidation sites excluding steroid dienone is 3. The molecule has 5 heterocycles. The van der Waals surface area contributed by atoms with Crippen molar-refractivity contribution in [3.05, 3.63) is 47.3 Å². The molecule has 12 heteroatoms. The number of carbonyl (C=O) groups excluding carboxylic acids is 4. The maximum atomic E-state index is 13.8. The minimum atomic E-state index is -1.18. The van der Waals surface area contributed by atoms with Crippen LogP contribution < -0.4 is 5.32 Å². The number of rotatable bonds is 9. The van der Waals surface area contributed by atoms with Gasteiger partial charge in [-0.1, -0.05) is 44.6 Å². The summed E-state index contributed by atoms with van der Waals surface area (Å²) >= 11 is 0. The molecule has 0 aromatic rings. The van der Waals surface area contributed by atoms with E-state index >= 15 is 0 Å². The number of carbonyl (C=O) groups is 4. The zero-order chi connectivity index (χ0) is 33.7. The normalized spacial score (nSPS) is 38.7. The number of epoxide rings is 1. The number of esters is 1. The van der Waals surface area contributed by atoms with Crippen molar-refractivity contribution in [3.63, 3.8) is 0 Å². The molecule has 2 bridgehead atoms. The van der Waals surface area contributed by atoms with Crippen LogP contribution in [-0.2, 0) is 42.9 Å². The molecule has 0 aromatic heterocycles. The lowest BCUT2D eigenvalue weighted by Gasteiger charge is -2.51. The van der Waals surface area contributed by atoms with Crippen LogP contribution >= 0.6 is 0 Å². The SMILES string of the molecule is CNC(=O)C(C)[C@H]1C(=O)/C(=C(O)/C=C/C(C)=C/[C@@H](C)[C@H]2OC3(C)O[C@@H](C=CC34CO4)[C@@H]2C)C(=O)N1C1CCC(C(C)OC(C)=O)O1. The van der Waals surface area contributed by atoms with Crippen molar-refractivity contribution >= 4 is 23.6 Å². The van der Waals surface area contributed by atoms with E-state index in [1.165, 1.54) is 24.9 Å². The zero-order valence-corrected chi connectivity index (χ0v) is 27.8. The lowest BCUT2D eigenvalue weighted by molar-refractivity contribution is -0.346. The van der Waals surface area contributed by atoms with E-state index in [-0.39, 0.29) is 24.0 Å². The highest BCUT2D eigenvalue weighted by Crippen LogP contribution is 2.52. The molecular formula is C34H46N2O10. The Labute approximate surface area is 269 Å². The van der Waals surface area contributed by atoms with Gasteiger partial charge >= 0.3 is 5.97 Å². The minimum absolute atomic E-state index is 0.0349. The van der Waals surface area contributed by atoms with Crippen molar-refractivity contribution in [2.45, 2.75) is 109 Å². The highest BCUT2D eigenvalue weighted by Gasteiger charge is 2.66. The zero-order valence-electron chi connectivity index (χ0n) is 27.8. The molecule has 2 N–H and O–H groups in total. The Morgan fingerprint density at radius 3 is 2.48 bits per heavy atom. The van der Waals surface area contributed by atoms with Gasteiger partial charge in [0.2, 0.25) is 11.7 Å². The van der Waals surface area contributed by atoms with E-state index in [0.717, 1.165) is 5.57 Å². The third kappa shape index (κ3) is 6.08. The first-order chi connectivity index (χ1) is 21.6. The fourth-order valence-corrected chi connectivity index (χ4v) is 7.20. The molecule has 252 valence electrons. The maximum absolute atomic E-state index is 13.8. The predicted octanol–water partition coefficient (Wildman–Crippen LogP) is 3.03. The Hall–Kier alpha value is -3.32.